The van der Waals surface area contributed by atoms with E-state index in [0.29, 0.717) is 25.0 Å². The summed E-state index contributed by atoms with van der Waals surface area (Å²) in [6.45, 7) is 10.2. The zero-order valence-electron chi connectivity index (χ0n) is 29.5. The fraction of sp³-hybridized carbons (Fsp3) is 0.974. The van der Waals surface area contributed by atoms with Crippen molar-refractivity contribution in [3.8, 4) is 0 Å². The van der Waals surface area contributed by atoms with Crippen molar-refractivity contribution in [2.45, 2.75) is 220 Å². The Morgan fingerprint density at radius 3 is 0.857 bits per heavy atom. The van der Waals surface area contributed by atoms with E-state index in [4.69, 9.17) is 9.47 Å². The Balaban J connectivity index is 4.35. The lowest BCUT2D eigenvalue weighted by molar-refractivity contribution is 0.0464. The van der Waals surface area contributed by atoms with Crippen LogP contribution in [0.2, 0.25) is 0 Å². The van der Waals surface area contributed by atoms with Crippen molar-refractivity contribution in [2.75, 3.05) is 13.2 Å². The van der Waals surface area contributed by atoms with Gasteiger partial charge in [0.25, 0.3) is 0 Å². The summed E-state index contributed by atoms with van der Waals surface area (Å²) in [5.41, 5.74) is 0. The van der Waals surface area contributed by atoms with Gasteiger partial charge in [0.1, 0.15) is 0 Å². The number of carbonyl (C=O) groups excluding carboxylic acids is 1. The van der Waals surface area contributed by atoms with Crippen LogP contribution in [-0.2, 0) is 9.47 Å². The number of hydrogen-bond acceptors (Lipinski definition) is 3. The highest BCUT2D eigenvalue weighted by atomic mass is 16.7. The summed E-state index contributed by atoms with van der Waals surface area (Å²) in [6, 6.07) is 0. The second-order valence-corrected chi connectivity index (χ2v) is 13.5. The van der Waals surface area contributed by atoms with E-state index < -0.39 is 6.16 Å². The highest BCUT2D eigenvalue weighted by Gasteiger charge is 2.13. The Labute approximate surface area is 265 Å². The summed E-state index contributed by atoms with van der Waals surface area (Å²) in [4.78, 5) is 12.4. The van der Waals surface area contributed by atoms with Crippen LogP contribution in [0.1, 0.15) is 220 Å². The monoisotopic (exact) mass is 595 g/mol. The van der Waals surface area contributed by atoms with Crippen molar-refractivity contribution in [2.24, 2.45) is 11.8 Å². The quantitative estimate of drug-likeness (QED) is 0.0549. The van der Waals surface area contributed by atoms with Crippen LogP contribution in [0.15, 0.2) is 0 Å². The Morgan fingerprint density at radius 1 is 0.357 bits per heavy atom. The third kappa shape index (κ3) is 30.7. The van der Waals surface area contributed by atoms with Crippen molar-refractivity contribution in [1.82, 2.24) is 0 Å². The Morgan fingerprint density at radius 2 is 0.595 bits per heavy atom. The summed E-state index contributed by atoms with van der Waals surface area (Å²) in [7, 11) is 0. The van der Waals surface area contributed by atoms with E-state index in [1.54, 1.807) is 0 Å². The molecule has 3 nitrogen and oxygen atoms in total. The second kappa shape index (κ2) is 34.8. The molecule has 252 valence electrons. The SMILES string of the molecule is CCCCCCCCC(CCCCCCCC)CCOC(=O)OCCC(CCCCCCCC)CCCCCCCC. The highest BCUT2D eigenvalue weighted by Crippen LogP contribution is 2.24. The van der Waals surface area contributed by atoms with Crippen molar-refractivity contribution in [1.29, 1.82) is 0 Å². The van der Waals surface area contributed by atoms with E-state index in [1.165, 1.54) is 180 Å². The largest absolute Gasteiger partial charge is 0.508 e. The summed E-state index contributed by atoms with van der Waals surface area (Å²) in [5.74, 6) is 1.38. The van der Waals surface area contributed by atoms with Crippen LogP contribution < -0.4 is 0 Å². The summed E-state index contributed by atoms with van der Waals surface area (Å²) in [5, 5.41) is 0. The predicted molar refractivity (Wildman–Crippen MR) is 185 cm³/mol. The van der Waals surface area contributed by atoms with Crippen LogP contribution in [0.25, 0.3) is 0 Å². The van der Waals surface area contributed by atoms with E-state index in [2.05, 4.69) is 27.7 Å². The van der Waals surface area contributed by atoms with Crippen LogP contribution in [0.3, 0.4) is 0 Å². The molecule has 0 radical (unpaired) electrons. The van der Waals surface area contributed by atoms with Gasteiger partial charge in [-0.25, -0.2) is 4.79 Å². The van der Waals surface area contributed by atoms with Gasteiger partial charge in [-0.05, 0) is 24.7 Å². The lowest BCUT2D eigenvalue weighted by Gasteiger charge is -2.18. The van der Waals surface area contributed by atoms with Gasteiger partial charge >= 0.3 is 6.16 Å². The van der Waals surface area contributed by atoms with Crippen LogP contribution in [0.5, 0.6) is 0 Å². The molecule has 0 bridgehead atoms. The predicted octanol–water partition coefficient (Wildman–Crippen LogP) is 14.2. The fourth-order valence-corrected chi connectivity index (χ4v) is 6.38. The summed E-state index contributed by atoms with van der Waals surface area (Å²) < 4.78 is 11.2. The first kappa shape index (κ1) is 41.3. The topological polar surface area (TPSA) is 35.5 Å². The number of hydrogen-bond donors (Lipinski definition) is 0. The van der Waals surface area contributed by atoms with Crippen LogP contribution >= 0.6 is 0 Å². The van der Waals surface area contributed by atoms with Gasteiger partial charge in [-0.1, -0.05) is 207 Å². The van der Waals surface area contributed by atoms with Gasteiger partial charge in [0.05, 0.1) is 13.2 Å². The number of carbonyl (C=O) groups is 1. The van der Waals surface area contributed by atoms with Crippen molar-refractivity contribution in [3.63, 3.8) is 0 Å². The van der Waals surface area contributed by atoms with Crippen LogP contribution in [0.4, 0.5) is 4.79 Å². The molecule has 0 fully saturated rings. The first-order chi connectivity index (χ1) is 20.7. The minimum atomic E-state index is -0.439. The van der Waals surface area contributed by atoms with Crippen LogP contribution in [0, 0.1) is 11.8 Å². The maximum atomic E-state index is 12.4. The molecule has 0 aromatic rings. The maximum Gasteiger partial charge on any atom is 0.508 e. The third-order valence-electron chi connectivity index (χ3n) is 9.36. The first-order valence-electron chi connectivity index (χ1n) is 19.5. The molecule has 0 amide bonds. The highest BCUT2D eigenvalue weighted by molar-refractivity contribution is 5.59. The molecule has 0 unspecified atom stereocenters. The third-order valence-corrected chi connectivity index (χ3v) is 9.36. The fourth-order valence-electron chi connectivity index (χ4n) is 6.38. The molecule has 0 saturated carbocycles. The number of unbranched alkanes of at least 4 members (excludes halogenated alkanes) is 20. The first-order valence-corrected chi connectivity index (χ1v) is 19.5. The zero-order valence-corrected chi connectivity index (χ0v) is 29.5. The van der Waals surface area contributed by atoms with Gasteiger partial charge in [0.2, 0.25) is 0 Å². The zero-order chi connectivity index (χ0) is 30.8. The molecule has 0 spiro atoms. The van der Waals surface area contributed by atoms with Gasteiger partial charge in [-0.15, -0.1) is 0 Å². The number of rotatable bonds is 34. The molecule has 0 heterocycles. The molecule has 0 rings (SSSR count). The molecule has 3 heteroatoms. The van der Waals surface area contributed by atoms with Crippen molar-refractivity contribution in [3.05, 3.63) is 0 Å². The standard InChI is InChI=1S/C39H78O3/c1-5-9-13-17-21-25-29-37(30-26-22-18-14-10-6-2)33-35-41-39(40)42-36-34-38(31-27-23-19-15-11-7-3)32-28-24-20-16-12-8-4/h37-38H,5-36H2,1-4H3. The summed E-state index contributed by atoms with van der Waals surface area (Å²) >= 11 is 0. The lowest BCUT2D eigenvalue weighted by atomic mass is 9.91. The molecular formula is C39H78O3. The summed E-state index contributed by atoms with van der Waals surface area (Å²) in [6.07, 6.45) is 39.2. The molecule has 0 aromatic carbocycles. The molecule has 0 aliphatic rings. The molecule has 0 saturated heterocycles. The van der Waals surface area contributed by atoms with Gasteiger partial charge < -0.3 is 9.47 Å². The lowest BCUT2D eigenvalue weighted by Crippen LogP contribution is -2.14. The molecule has 0 aliphatic heterocycles. The van der Waals surface area contributed by atoms with Crippen molar-refractivity contribution >= 4 is 6.16 Å². The second-order valence-electron chi connectivity index (χ2n) is 13.5. The average molecular weight is 595 g/mol. The molecule has 0 aromatic heterocycles. The molecule has 0 atom stereocenters. The van der Waals surface area contributed by atoms with E-state index in [-0.39, 0.29) is 0 Å². The minimum Gasteiger partial charge on any atom is -0.434 e. The minimum absolute atomic E-state index is 0.439. The van der Waals surface area contributed by atoms with E-state index in [1.807, 2.05) is 0 Å². The van der Waals surface area contributed by atoms with E-state index in [9.17, 15) is 4.79 Å². The van der Waals surface area contributed by atoms with Gasteiger partial charge in [0.15, 0.2) is 0 Å². The number of ether oxygens (including phenoxy) is 2. The smallest absolute Gasteiger partial charge is 0.434 e. The van der Waals surface area contributed by atoms with Crippen LogP contribution in [-0.4, -0.2) is 19.4 Å². The van der Waals surface area contributed by atoms with Gasteiger partial charge in [-0.2, -0.15) is 0 Å². The molecule has 42 heavy (non-hydrogen) atoms. The molecule has 0 N–H and O–H groups in total. The van der Waals surface area contributed by atoms with Gasteiger partial charge in [0, 0.05) is 0 Å². The normalized spacial score (nSPS) is 11.6. The average Bonchev–Trinajstić information content (AvgIpc) is 2.99. The molecule has 0 aliphatic carbocycles. The van der Waals surface area contributed by atoms with Crippen molar-refractivity contribution < 1.29 is 14.3 Å². The molecular weight excluding hydrogens is 516 g/mol. The van der Waals surface area contributed by atoms with E-state index in [0.717, 1.165) is 12.8 Å². The Hall–Kier alpha value is -0.730. The van der Waals surface area contributed by atoms with E-state index >= 15 is 0 Å². The Kier molecular flexibility index (Phi) is 34.2. The Bertz CT molecular complexity index is 444. The maximum absolute atomic E-state index is 12.4. The van der Waals surface area contributed by atoms with Gasteiger partial charge in [-0.3, -0.25) is 0 Å².